The number of hydrogen-bond acceptors (Lipinski definition) is 2. The van der Waals surface area contributed by atoms with Crippen LogP contribution in [0.2, 0.25) is 0 Å². The van der Waals surface area contributed by atoms with E-state index in [1.807, 2.05) is 0 Å². The molecular weight excluding hydrogens is 180 g/mol. The van der Waals surface area contributed by atoms with Gasteiger partial charge < -0.3 is 8.85 Å². The zero-order chi connectivity index (χ0) is 10.2. The molecule has 0 fully saturated rings. The zero-order valence-electron chi connectivity index (χ0n) is 9.04. The van der Waals surface area contributed by atoms with Crippen LogP contribution >= 0.6 is 0 Å². The molecule has 0 amide bonds. The van der Waals surface area contributed by atoms with Gasteiger partial charge in [-0.1, -0.05) is 26.0 Å². The third-order valence-corrected chi connectivity index (χ3v) is 4.49. The van der Waals surface area contributed by atoms with Gasteiger partial charge in [-0.25, -0.2) is 0 Å². The standard InChI is InChI=1S/C10H20O2Si/c1-5-7-9-13(11-3,12-4)10-8-6-2/h7-10H,5-6H2,1-4H3/b9-7+,10-8+. The molecule has 0 radical (unpaired) electrons. The molecule has 0 rings (SSSR count). The van der Waals surface area contributed by atoms with Gasteiger partial charge in [0, 0.05) is 14.2 Å². The molecule has 0 N–H and O–H groups in total. The predicted octanol–water partition coefficient (Wildman–Crippen LogP) is 2.73. The van der Waals surface area contributed by atoms with Crippen LogP contribution in [-0.2, 0) is 8.85 Å². The molecule has 0 aliphatic carbocycles. The minimum absolute atomic E-state index is 1.02. The highest BCUT2D eigenvalue weighted by molar-refractivity contribution is 6.77. The molecule has 0 saturated carbocycles. The second kappa shape index (κ2) is 7.06. The first kappa shape index (κ1) is 12.6. The first-order valence-electron chi connectivity index (χ1n) is 4.70. The van der Waals surface area contributed by atoms with Crippen LogP contribution in [0.3, 0.4) is 0 Å². The van der Waals surface area contributed by atoms with Crippen molar-refractivity contribution in [1.82, 2.24) is 0 Å². The Balaban J connectivity index is 4.48. The van der Waals surface area contributed by atoms with Gasteiger partial charge in [-0.2, -0.15) is 0 Å². The van der Waals surface area contributed by atoms with Gasteiger partial charge in [0.05, 0.1) is 0 Å². The Hall–Kier alpha value is -0.383. The summed E-state index contributed by atoms with van der Waals surface area (Å²) in [6, 6.07) is 0. The maximum atomic E-state index is 5.43. The summed E-state index contributed by atoms with van der Waals surface area (Å²) in [5.74, 6) is 0. The highest BCUT2D eigenvalue weighted by Crippen LogP contribution is 2.10. The SMILES string of the molecule is CC/C=C/[Si](/C=C/CC)(OC)OC. The molecule has 13 heavy (non-hydrogen) atoms. The van der Waals surface area contributed by atoms with Crippen molar-refractivity contribution in [2.24, 2.45) is 0 Å². The number of rotatable bonds is 6. The van der Waals surface area contributed by atoms with E-state index in [0.29, 0.717) is 0 Å². The third-order valence-electron chi connectivity index (χ3n) is 1.81. The monoisotopic (exact) mass is 200 g/mol. The fourth-order valence-electron chi connectivity index (χ4n) is 0.975. The molecule has 0 aliphatic rings. The van der Waals surface area contributed by atoms with Crippen LogP contribution in [0.1, 0.15) is 26.7 Å². The van der Waals surface area contributed by atoms with E-state index in [1.165, 1.54) is 0 Å². The lowest BCUT2D eigenvalue weighted by molar-refractivity contribution is 0.269. The Kier molecular flexibility index (Phi) is 6.85. The molecule has 2 nitrogen and oxygen atoms in total. The molecule has 0 unspecified atom stereocenters. The molecule has 0 spiro atoms. The van der Waals surface area contributed by atoms with Gasteiger partial charge in [0.1, 0.15) is 0 Å². The smallest absolute Gasteiger partial charge is 0.390 e. The lowest BCUT2D eigenvalue weighted by atomic mass is 10.5. The summed E-state index contributed by atoms with van der Waals surface area (Å²) >= 11 is 0. The van der Waals surface area contributed by atoms with E-state index < -0.39 is 8.56 Å². The van der Waals surface area contributed by atoms with E-state index in [9.17, 15) is 0 Å². The van der Waals surface area contributed by atoms with Crippen molar-refractivity contribution < 1.29 is 8.85 Å². The van der Waals surface area contributed by atoms with Crippen LogP contribution in [0, 0.1) is 0 Å². The van der Waals surface area contributed by atoms with Gasteiger partial charge in [0.25, 0.3) is 0 Å². The van der Waals surface area contributed by atoms with Gasteiger partial charge >= 0.3 is 8.56 Å². The van der Waals surface area contributed by atoms with E-state index in [2.05, 4.69) is 37.4 Å². The van der Waals surface area contributed by atoms with E-state index in [1.54, 1.807) is 14.2 Å². The Labute approximate surface area is 82.5 Å². The maximum Gasteiger partial charge on any atom is 0.390 e. The lowest BCUT2D eigenvalue weighted by Crippen LogP contribution is -2.36. The van der Waals surface area contributed by atoms with Gasteiger partial charge in [0.2, 0.25) is 0 Å². The van der Waals surface area contributed by atoms with Crippen LogP contribution < -0.4 is 0 Å². The first-order valence-corrected chi connectivity index (χ1v) is 6.67. The molecular formula is C10H20O2Si. The molecule has 76 valence electrons. The van der Waals surface area contributed by atoms with Crippen molar-refractivity contribution in [2.45, 2.75) is 26.7 Å². The molecule has 0 aromatic carbocycles. The minimum atomic E-state index is -2.15. The van der Waals surface area contributed by atoms with E-state index in [4.69, 9.17) is 8.85 Å². The van der Waals surface area contributed by atoms with Gasteiger partial charge in [-0.15, -0.1) is 0 Å². The fraction of sp³-hybridized carbons (Fsp3) is 0.600. The molecule has 0 atom stereocenters. The van der Waals surface area contributed by atoms with Crippen molar-refractivity contribution in [3.05, 3.63) is 23.6 Å². The summed E-state index contributed by atoms with van der Waals surface area (Å²) in [5, 5.41) is 0. The maximum absolute atomic E-state index is 5.43. The van der Waals surface area contributed by atoms with Crippen molar-refractivity contribution in [2.75, 3.05) is 14.2 Å². The molecule has 0 heterocycles. The summed E-state index contributed by atoms with van der Waals surface area (Å²) in [7, 11) is 1.26. The van der Waals surface area contributed by atoms with Crippen LogP contribution in [0.4, 0.5) is 0 Å². The highest BCUT2D eigenvalue weighted by Gasteiger charge is 2.28. The van der Waals surface area contributed by atoms with Gasteiger partial charge in [0.15, 0.2) is 0 Å². The second-order valence-corrected chi connectivity index (χ2v) is 5.68. The Morgan fingerprint density at radius 3 is 1.54 bits per heavy atom. The topological polar surface area (TPSA) is 18.5 Å². The Bertz CT molecular complexity index is 156. The second-order valence-electron chi connectivity index (χ2n) is 2.75. The molecule has 0 saturated heterocycles. The van der Waals surface area contributed by atoms with E-state index in [-0.39, 0.29) is 0 Å². The van der Waals surface area contributed by atoms with Gasteiger partial charge in [-0.05, 0) is 24.2 Å². The lowest BCUT2D eigenvalue weighted by Gasteiger charge is -2.19. The third kappa shape index (κ3) is 4.41. The van der Waals surface area contributed by atoms with Crippen molar-refractivity contribution in [3.8, 4) is 0 Å². The summed E-state index contributed by atoms with van der Waals surface area (Å²) in [5.41, 5.74) is 4.14. The predicted molar refractivity (Wildman–Crippen MR) is 58.6 cm³/mol. The van der Waals surface area contributed by atoms with Crippen LogP contribution in [0.25, 0.3) is 0 Å². The van der Waals surface area contributed by atoms with Gasteiger partial charge in [-0.3, -0.25) is 0 Å². The molecule has 0 aromatic heterocycles. The zero-order valence-corrected chi connectivity index (χ0v) is 10.0. The normalized spacial score (nSPS) is 13.2. The average Bonchev–Trinajstić information content (AvgIpc) is 2.20. The van der Waals surface area contributed by atoms with Crippen molar-refractivity contribution in [3.63, 3.8) is 0 Å². The molecule has 3 heteroatoms. The highest BCUT2D eigenvalue weighted by atomic mass is 28.4. The Morgan fingerprint density at radius 2 is 1.31 bits per heavy atom. The van der Waals surface area contributed by atoms with Crippen LogP contribution in [-0.4, -0.2) is 22.8 Å². The summed E-state index contributed by atoms with van der Waals surface area (Å²) < 4.78 is 10.9. The summed E-state index contributed by atoms with van der Waals surface area (Å²) in [4.78, 5) is 0. The first-order chi connectivity index (χ1) is 6.24. The average molecular weight is 200 g/mol. The number of allylic oxidation sites excluding steroid dienone is 2. The van der Waals surface area contributed by atoms with Crippen LogP contribution in [0.5, 0.6) is 0 Å². The summed E-state index contributed by atoms with van der Waals surface area (Å²) in [6.45, 7) is 4.20. The fourth-order valence-corrected chi connectivity index (χ4v) is 2.93. The summed E-state index contributed by atoms with van der Waals surface area (Å²) in [6.07, 6.45) is 6.22. The molecule has 0 aromatic rings. The molecule has 0 aliphatic heterocycles. The minimum Gasteiger partial charge on any atom is -0.392 e. The molecule has 0 bridgehead atoms. The Morgan fingerprint density at radius 1 is 0.923 bits per heavy atom. The van der Waals surface area contributed by atoms with Crippen molar-refractivity contribution >= 4 is 8.56 Å². The van der Waals surface area contributed by atoms with E-state index in [0.717, 1.165) is 12.8 Å². The largest absolute Gasteiger partial charge is 0.392 e. The number of hydrogen-bond donors (Lipinski definition) is 0. The quantitative estimate of drug-likeness (QED) is 0.614. The van der Waals surface area contributed by atoms with Crippen LogP contribution in [0.15, 0.2) is 23.6 Å². The van der Waals surface area contributed by atoms with E-state index >= 15 is 0 Å². The van der Waals surface area contributed by atoms with Crippen molar-refractivity contribution in [1.29, 1.82) is 0 Å².